The Morgan fingerprint density at radius 2 is 1.83 bits per heavy atom. The fourth-order valence-corrected chi connectivity index (χ4v) is 2.30. The number of nitrogens with zero attached hydrogens (tertiary/aromatic N) is 1. The molecule has 0 atom stereocenters. The van der Waals surface area contributed by atoms with Crippen LogP contribution >= 0.6 is 0 Å². The minimum atomic E-state index is -3.26. The predicted octanol–water partition coefficient (Wildman–Crippen LogP) is 3.25. The van der Waals surface area contributed by atoms with Gasteiger partial charge >= 0.3 is 12.6 Å². The zero-order valence-electron chi connectivity index (χ0n) is 15.2. The third-order valence-electron chi connectivity index (χ3n) is 3.64. The van der Waals surface area contributed by atoms with Crippen molar-refractivity contribution >= 4 is 17.4 Å². The lowest BCUT2D eigenvalue weighted by Gasteiger charge is -2.12. The number of nitro benzene ring substituents is 1. The van der Waals surface area contributed by atoms with E-state index >= 15 is 0 Å². The van der Waals surface area contributed by atoms with Gasteiger partial charge in [0, 0.05) is 11.6 Å². The molecule has 0 amide bonds. The Kier molecular flexibility index (Phi) is 7.01. The highest BCUT2D eigenvalue weighted by Crippen LogP contribution is 2.36. The molecule has 0 radical (unpaired) electrons. The van der Waals surface area contributed by atoms with Gasteiger partial charge in [-0.05, 0) is 12.1 Å². The minimum Gasteiger partial charge on any atom is -0.497 e. The molecule has 11 heteroatoms. The quantitative estimate of drug-likeness (QED) is 0.267. The number of ketones is 1. The first-order valence-electron chi connectivity index (χ1n) is 7.92. The van der Waals surface area contributed by atoms with Gasteiger partial charge in [0.05, 0.1) is 25.2 Å². The van der Waals surface area contributed by atoms with E-state index in [0.29, 0.717) is 11.8 Å². The van der Waals surface area contributed by atoms with Crippen LogP contribution in [-0.2, 0) is 4.74 Å². The van der Waals surface area contributed by atoms with E-state index in [1.807, 2.05) is 0 Å². The van der Waals surface area contributed by atoms with Crippen LogP contribution in [0.5, 0.6) is 17.2 Å². The number of Topliss-reactive ketones (excluding diaryl/α,β-unsaturated/α-hetero) is 1. The molecule has 2 aromatic rings. The van der Waals surface area contributed by atoms with Gasteiger partial charge in [0.1, 0.15) is 11.3 Å². The van der Waals surface area contributed by atoms with Crippen LogP contribution in [0.15, 0.2) is 36.4 Å². The summed E-state index contributed by atoms with van der Waals surface area (Å²) >= 11 is 0. The molecule has 0 N–H and O–H groups in total. The molecule has 0 aliphatic carbocycles. The number of carbonyl (C=O) groups is 2. The van der Waals surface area contributed by atoms with Gasteiger partial charge in [0.15, 0.2) is 23.9 Å². The molecule has 0 aliphatic heterocycles. The van der Waals surface area contributed by atoms with Crippen LogP contribution < -0.4 is 14.2 Å². The molecule has 29 heavy (non-hydrogen) atoms. The average molecular weight is 411 g/mol. The summed E-state index contributed by atoms with van der Waals surface area (Å²) in [6.45, 7) is -3.97. The molecule has 0 bridgehead atoms. The highest BCUT2D eigenvalue weighted by Gasteiger charge is 2.27. The molecule has 0 aliphatic rings. The van der Waals surface area contributed by atoms with E-state index in [9.17, 15) is 28.5 Å². The molecule has 0 spiro atoms. The average Bonchev–Trinajstić information content (AvgIpc) is 2.70. The molecule has 0 aromatic heterocycles. The maximum absolute atomic E-state index is 12.5. The van der Waals surface area contributed by atoms with Crippen molar-refractivity contribution < 1.29 is 42.2 Å². The molecule has 0 saturated heterocycles. The number of hydrogen-bond acceptors (Lipinski definition) is 8. The first kappa shape index (κ1) is 21.5. The summed E-state index contributed by atoms with van der Waals surface area (Å²) in [7, 11) is 2.51. The second-order valence-corrected chi connectivity index (χ2v) is 5.39. The van der Waals surface area contributed by atoms with E-state index in [2.05, 4.69) is 4.74 Å². The first-order valence-corrected chi connectivity index (χ1v) is 7.92. The van der Waals surface area contributed by atoms with Crippen LogP contribution in [0.4, 0.5) is 14.5 Å². The van der Waals surface area contributed by atoms with Crippen LogP contribution in [0.2, 0.25) is 0 Å². The molecule has 0 saturated carbocycles. The maximum atomic E-state index is 12.5. The standard InChI is InChI=1S/C18H15F2NO8/c1-26-11-5-3-4-10(6-11)14(22)9-28-17(23)12-7-15(27-2)16(29-18(19)20)8-13(12)21(24)25/h3-8,18H,9H2,1-2H3. The van der Waals surface area contributed by atoms with Crippen LogP contribution in [0.1, 0.15) is 20.7 Å². The van der Waals surface area contributed by atoms with Crippen molar-refractivity contribution in [3.8, 4) is 17.2 Å². The van der Waals surface area contributed by atoms with Gasteiger partial charge in [-0.25, -0.2) is 4.79 Å². The summed E-state index contributed by atoms with van der Waals surface area (Å²) < 4.78 is 43.8. The van der Waals surface area contributed by atoms with Crippen molar-refractivity contribution in [1.29, 1.82) is 0 Å². The Balaban J connectivity index is 2.24. The van der Waals surface area contributed by atoms with Crippen molar-refractivity contribution in [3.05, 3.63) is 57.6 Å². The van der Waals surface area contributed by atoms with E-state index in [1.165, 1.54) is 19.2 Å². The van der Waals surface area contributed by atoms with E-state index < -0.39 is 46.9 Å². The lowest BCUT2D eigenvalue weighted by atomic mass is 10.1. The summed E-state index contributed by atoms with van der Waals surface area (Å²) in [5.74, 6) is -2.35. The molecular weight excluding hydrogens is 396 g/mol. The van der Waals surface area contributed by atoms with Crippen molar-refractivity contribution in [2.45, 2.75) is 6.61 Å². The number of methoxy groups -OCH3 is 2. The summed E-state index contributed by atoms with van der Waals surface area (Å²) in [6.07, 6.45) is 0. The highest BCUT2D eigenvalue weighted by atomic mass is 19.3. The molecule has 2 rings (SSSR count). The predicted molar refractivity (Wildman–Crippen MR) is 93.9 cm³/mol. The second kappa shape index (κ2) is 9.44. The largest absolute Gasteiger partial charge is 0.497 e. The highest BCUT2D eigenvalue weighted by molar-refractivity contribution is 6.00. The van der Waals surface area contributed by atoms with Crippen LogP contribution in [0.25, 0.3) is 0 Å². The zero-order valence-corrected chi connectivity index (χ0v) is 15.2. The van der Waals surface area contributed by atoms with E-state index in [-0.39, 0.29) is 11.3 Å². The Morgan fingerprint density at radius 1 is 1.10 bits per heavy atom. The lowest BCUT2D eigenvalue weighted by molar-refractivity contribution is -0.385. The van der Waals surface area contributed by atoms with Crippen molar-refractivity contribution in [3.63, 3.8) is 0 Å². The number of ether oxygens (including phenoxy) is 4. The van der Waals surface area contributed by atoms with E-state index in [0.717, 1.165) is 13.2 Å². The fraction of sp³-hybridized carbons (Fsp3) is 0.222. The maximum Gasteiger partial charge on any atom is 0.387 e. The fourth-order valence-electron chi connectivity index (χ4n) is 2.30. The Hall–Kier alpha value is -3.76. The van der Waals surface area contributed by atoms with Crippen LogP contribution in [0, 0.1) is 10.1 Å². The Labute approximate surface area is 162 Å². The molecule has 0 heterocycles. The third-order valence-corrected chi connectivity index (χ3v) is 3.64. The zero-order chi connectivity index (χ0) is 21.6. The SMILES string of the molecule is COc1cccc(C(=O)COC(=O)c2cc(OC)c(OC(F)F)cc2[N+](=O)[O-])c1. The lowest BCUT2D eigenvalue weighted by Crippen LogP contribution is -2.16. The monoisotopic (exact) mass is 411 g/mol. The van der Waals surface area contributed by atoms with Gasteiger partial charge in [0.25, 0.3) is 5.69 Å². The molecule has 9 nitrogen and oxygen atoms in total. The first-order chi connectivity index (χ1) is 13.8. The minimum absolute atomic E-state index is 0.199. The van der Waals surface area contributed by atoms with Gasteiger partial charge < -0.3 is 18.9 Å². The summed E-state index contributed by atoms with van der Waals surface area (Å²) in [5, 5.41) is 11.2. The Bertz CT molecular complexity index is 932. The number of alkyl halides is 2. The Morgan fingerprint density at radius 3 is 2.41 bits per heavy atom. The molecule has 0 unspecified atom stereocenters. The summed E-state index contributed by atoms with van der Waals surface area (Å²) in [5.41, 5.74) is -1.24. The number of nitro groups is 1. The number of esters is 1. The van der Waals surface area contributed by atoms with E-state index in [1.54, 1.807) is 12.1 Å². The number of rotatable bonds is 9. The van der Waals surface area contributed by atoms with Crippen LogP contribution in [-0.4, -0.2) is 44.1 Å². The number of benzene rings is 2. The number of hydrogen-bond donors (Lipinski definition) is 0. The van der Waals surface area contributed by atoms with Gasteiger partial charge in [-0.1, -0.05) is 12.1 Å². The second-order valence-electron chi connectivity index (χ2n) is 5.39. The smallest absolute Gasteiger partial charge is 0.387 e. The number of halogens is 2. The molecule has 154 valence electrons. The molecule has 2 aromatic carbocycles. The van der Waals surface area contributed by atoms with Crippen LogP contribution in [0.3, 0.4) is 0 Å². The molecule has 0 fully saturated rings. The van der Waals surface area contributed by atoms with Crippen molar-refractivity contribution in [1.82, 2.24) is 0 Å². The summed E-state index contributed by atoms with van der Waals surface area (Å²) in [6, 6.07) is 7.52. The topological polar surface area (TPSA) is 114 Å². The van der Waals surface area contributed by atoms with Gasteiger partial charge in [-0.3, -0.25) is 14.9 Å². The molecular formula is C18H15F2NO8. The summed E-state index contributed by atoms with van der Waals surface area (Å²) in [4.78, 5) is 34.7. The van der Waals surface area contributed by atoms with Crippen molar-refractivity contribution in [2.24, 2.45) is 0 Å². The van der Waals surface area contributed by atoms with E-state index in [4.69, 9.17) is 14.2 Å². The van der Waals surface area contributed by atoms with Gasteiger partial charge in [-0.15, -0.1) is 0 Å². The van der Waals surface area contributed by atoms with Gasteiger partial charge in [0.2, 0.25) is 0 Å². The third kappa shape index (κ3) is 5.37. The normalized spacial score (nSPS) is 10.4. The van der Waals surface area contributed by atoms with Gasteiger partial charge in [-0.2, -0.15) is 8.78 Å². The number of carbonyl (C=O) groups excluding carboxylic acids is 2. The van der Waals surface area contributed by atoms with Crippen molar-refractivity contribution in [2.75, 3.05) is 20.8 Å².